The summed E-state index contributed by atoms with van der Waals surface area (Å²) in [6, 6.07) is 6.05. The number of nitrogens with zero attached hydrogens (tertiary/aromatic N) is 3. The second kappa shape index (κ2) is 12.0. The molecule has 1 aliphatic heterocycles. The SMILES string of the molecule is COCCNCC(=O)Nc1cc(-c2nnc3n2CCCCC3)ccc1C.Cl.Cl. The molecule has 0 saturated carbocycles. The molecule has 1 aromatic carbocycles. The van der Waals surface area contributed by atoms with E-state index in [1.807, 2.05) is 25.1 Å². The van der Waals surface area contributed by atoms with Gasteiger partial charge in [-0.3, -0.25) is 4.79 Å². The molecule has 7 nitrogen and oxygen atoms in total. The summed E-state index contributed by atoms with van der Waals surface area (Å²) in [6.07, 6.45) is 4.54. The number of rotatable bonds is 7. The number of aryl methyl sites for hydroxylation is 2. The van der Waals surface area contributed by atoms with Crippen LogP contribution in [-0.4, -0.2) is 47.5 Å². The van der Waals surface area contributed by atoms with Gasteiger partial charge in [-0.25, -0.2) is 0 Å². The van der Waals surface area contributed by atoms with Crippen LogP contribution in [0.4, 0.5) is 5.69 Å². The fraction of sp³-hybridized carbons (Fsp3) is 0.526. The van der Waals surface area contributed by atoms with Gasteiger partial charge < -0.3 is 19.9 Å². The van der Waals surface area contributed by atoms with Gasteiger partial charge in [-0.15, -0.1) is 35.0 Å². The van der Waals surface area contributed by atoms with Gasteiger partial charge in [0.05, 0.1) is 13.2 Å². The van der Waals surface area contributed by atoms with Crippen LogP contribution in [0.3, 0.4) is 0 Å². The molecule has 0 spiro atoms. The van der Waals surface area contributed by atoms with Crippen LogP contribution in [0.1, 0.15) is 30.7 Å². The van der Waals surface area contributed by atoms with Gasteiger partial charge in [0.1, 0.15) is 5.82 Å². The maximum absolute atomic E-state index is 12.2. The van der Waals surface area contributed by atoms with E-state index >= 15 is 0 Å². The van der Waals surface area contributed by atoms with Gasteiger partial charge in [0.2, 0.25) is 5.91 Å². The molecule has 1 aromatic heterocycles. The second-order valence-electron chi connectivity index (χ2n) is 6.65. The molecule has 1 amide bonds. The highest BCUT2D eigenvalue weighted by Gasteiger charge is 2.17. The minimum atomic E-state index is -0.0681. The lowest BCUT2D eigenvalue weighted by molar-refractivity contribution is -0.115. The van der Waals surface area contributed by atoms with Crippen molar-refractivity contribution in [3.05, 3.63) is 29.6 Å². The maximum Gasteiger partial charge on any atom is 0.238 e. The van der Waals surface area contributed by atoms with E-state index in [2.05, 4.69) is 25.4 Å². The third kappa shape index (κ3) is 6.17. The Morgan fingerprint density at radius 2 is 2.04 bits per heavy atom. The molecule has 0 radical (unpaired) electrons. The topological polar surface area (TPSA) is 81.1 Å². The first-order chi connectivity index (χ1) is 12.7. The molecule has 1 aliphatic rings. The van der Waals surface area contributed by atoms with E-state index in [0.717, 1.165) is 47.8 Å². The predicted octanol–water partition coefficient (Wildman–Crippen LogP) is 3.00. The fourth-order valence-corrected chi connectivity index (χ4v) is 3.16. The molecule has 2 aromatic rings. The van der Waals surface area contributed by atoms with Crippen molar-refractivity contribution in [1.82, 2.24) is 20.1 Å². The number of hydrogen-bond donors (Lipinski definition) is 2. The maximum atomic E-state index is 12.2. The first-order valence-corrected chi connectivity index (χ1v) is 9.21. The summed E-state index contributed by atoms with van der Waals surface area (Å²) >= 11 is 0. The van der Waals surface area contributed by atoms with Crippen LogP contribution < -0.4 is 10.6 Å². The Kier molecular flexibility index (Phi) is 10.5. The quantitative estimate of drug-likeness (QED) is 0.661. The van der Waals surface area contributed by atoms with Crippen LogP contribution in [-0.2, 0) is 22.5 Å². The molecule has 2 N–H and O–H groups in total. The number of hydrogen-bond acceptors (Lipinski definition) is 5. The fourth-order valence-electron chi connectivity index (χ4n) is 3.16. The third-order valence-corrected chi connectivity index (χ3v) is 4.65. The number of halogens is 2. The lowest BCUT2D eigenvalue weighted by Gasteiger charge is -2.12. The summed E-state index contributed by atoms with van der Waals surface area (Å²) in [4.78, 5) is 12.2. The van der Waals surface area contributed by atoms with Gasteiger partial charge in [-0.2, -0.15) is 0 Å². The molecule has 3 rings (SSSR count). The van der Waals surface area contributed by atoms with Crippen molar-refractivity contribution in [2.45, 2.75) is 39.2 Å². The number of fused-ring (bicyclic) bond motifs is 1. The van der Waals surface area contributed by atoms with E-state index in [0.29, 0.717) is 13.2 Å². The van der Waals surface area contributed by atoms with E-state index in [-0.39, 0.29) is 37.3 Å². The normalized spacial score (nSPS) is 12.9. The molecule has 0 aliphatic carbocycles. The summed E-state index contributed by atoms with van der Waals surface area (Å²) < 4.78 is 7.18. The molecule has 0 bridgehead atoms. The second-order valence-corrected chi connectivity index (χ2v) is 6.65. The van der Waals surface area contributed by atoms with Gasteiger partial charge >= 0.3 is 0 Å². The molecular weight excluding hydrogens is 401 g/mol. The van der Waals surface area contributed by atoms with Crippen molar-refractivity contribution >= 4 is 36.4 Å². The standard InChI is InChI=1S/C19H27N5O2.2ClH/c1-14-7-8-15(12-16(14)21-18(25)13-20-9-11-26-2)19-23-22-17-6-4-3-5-10-24(17)19;;/h7-8,12,20H,3-6,9-11,13H2,1-2H3,(H,21,25);2*1H. The number of benzene rings is 1. The Labute approximate surface area is 178 Å². The monoisotopic (exact) mass is 429 g/mol. The largest absolute Gasteiger partial charge is 0.383 e. The molecule has 2 heterocycles. The Hall–Kier alpha value is -1.67. The molecule has 0 atom stereocenters. The zero-order chi connectivity index (χ0) is 18.4. The highest BCUT2D eigenvalue weighted by atomic mass is 35.5. The highest BCUT2D eigenvalue weighted by Crippen LogP contribution is 2.26. The van der Waals surface area contributed by atoms with Crippen molar-refractivity contribution in [1.29, 1.82) is 0 Å². The lowest BCUT2D eigenvalue weighted by Crippen LogP contribution is -2.30. The molecule has 0 saturated heterocycles. The number of aromatic nitrogens is 3. The van der Waals surface area contributed by atoms with Crippen molar-refractivity contribution in [3.63, 3.8) is 0 Å². The van der Waals surface area contributed by atoms with Gasteiger partial charge in [0, 0.05) is 37.9 Å². The van der Waals surface area contributed by atoms with Crippen molar-refractivity contribution in [2.24, 2.45) is 0 Å². The molecular formula is C19H29Cl2N5O2. The van der Waals surface area contributed by atoms with Crippen LogP contribution in [0.5, 0.6) is 0 Å². The number of anilines is 1. The Morgan fingerprint density at radius 1 is 1.21 bits per heavy atom. The Bertz CT molecular complexity index is 767. The Balaban J connectivity index is 0.00000196. The van der Waals surface area contributed by atoms with Crippen LogP contribution in [0.25, 0.3) is 11.4 Å². The summed E-state index contributed by atoms with van der Waals surface area (Å²) in [5, 5.41) is 14.8. The molecule has 9 heteroatoms. The number of amides is 1. The van der Waals surface area contributed by atoms with E-state index in [4.69, 9.17) is 4.74 Å². The Morgan fingerprint density at radius 3 is 2.82 bits per heavy atom. The number of methoxy groups -OCH3 is 1. The van der Waals surface area contributed by atoms with Gasteiger partial charge in [-0.05, 0) is 31.4 Å². The number of nitrogens with one attached hydrogen (secondary N) is 2. The zero-order valence-electron chi connectivity index (χ0n) is 16.4. The summed E-state index contributed by atoms with van der Waals surface area (Å²) in [7, 11) is 1.64. The summed E-state index contributed by atoms with van der Waals surface area (Å²) in [6.45, 7) is 4.43. The van der Waals surface area contributed by atoms with Gasteiger partial charge in [-0.1, -0.05) is 18.6 Å². The number of carbonyl (C=O) groups is 1. The average Bonchev–Trinajstić information content (AvgIpc) is 2.89. The predicted molar refractivity (Wildman–Crippen MR) is 116 cm³/mol. The van der Waals surface area contributed by atoms with E-state index < -0.39 is 0 Å². The van der Waals surface area contributed by atoms with Crippen molar-refractivity contribution in [2.75, 3.05) is 32.1 Å². The first kappa shape index (κ1) is 24.4. The van der Waals surface area contributed by atoms with Gasteiger partial charge in [0.15, 0.2) is 5.82 Å². The molecule has 28 heavy (non-hydrogen) atoms. The smallest absolute Gasteiger partial charge is 0.238 e. The van der Waals surface area contributed by atoms with E-state index in [1.54, 1.807) is 7.11 Å². The van der Waals surface area contributed by atoms with Crippen molar-refractivity contribution < 1.29 is 9.53 Å². The minimum Gasteiger partial charge on any atom is -0.383 e. The van der Waals surface area contributed by atoms with Crippen molar-refractivity contribution in [3.8, 4) is 11.4 Å². The van der Waals surface area contributed by atoms with E-state index in [9.17, 15) is 4.79 Å². The lowest BCUT2D eigenvalue weighted by atomic mass is 10.1. The highest BCUT2D eigenvalue weighted by molar-refractivity contribution is 5.93. The van der Waals surface area contributed by atoms with Crippen LogP contribution in [0, 0.1) is 6.92 Å². The van der Waals surface area contributed by atoms with Crippen LogP contribution >= 0.6 is 24.8 Å². The number of carbonyl (C=O) groups excluding carboxylic acids is 1. The third-order valence-electron chi connectivity index (χ3n) is 4.65. The summed E-state index contributed by atoms with van der Waals surface area (Å²) in [5.41, 5.74) is 2.82. The van der Waals surface area contributed by atoms with Crippen LogP contribution in [0.2, 0.25) is 0 Å². The first-order valence-electron chi connectivity index (χ1n) is 9.21. The summed E-state index contributed by atoms with van der Waals surface area (Å²) in [5.74, 6) is 1.88. The zero-order valence-corrected chi connectivity index (χ0v) is 18.0. The number of ether oxygens (including phenoxy) is 1. The molecule has 0 unspecified atom stereocenters. The van der Waals surface area contributed by atoms with E-state index in [1.165, 1.54) is 12.8 Å². The molecule has 156 valence electrons. The van der Waals surface area contributed by atoms with Gasteiger partial charge in [0.25, 0.3) is 0 Å². The molecule has 0 fully saturated rings. The average molecular weight is 430 g/mol. The minimum absolute atomic E-state index is 0. The van der Waals surface area contributed by atoms with Crippen LogP contribution in [0.15, 0.2) is 18.2 Å².